The van der Waals surface area contributed by atoms with Gasteiger partial charge in [0, 0.05) is 31.1 Å². The Morgan fingerprint density at radius 1 is 1.22 bits per heavy atom. The highest BCUT2D eigenvalue weighted by Crippen LogP contribution is 2.50. The van der Waals surface area contributed by atoms with Crippen LogP contribution in [0, 0.1) is 11.8 Å². The Kier molecular flexibility index (Phi) is 9.26. The third-order valence-corrected chi connectivity index (χ3v) is 9.02. The van der Waals surface area contributed by atoms with Gasteiger partial charge in [-0.3, -0.25) is 9.69 Å². The third kappa shape index (κ3) is 6.35. The molecule has 4 rings (SSSR count). The molecule has 1 amide bonds. The van der Waals surface area contributed by atoms with Crippen molar-refractivity contribution in [2.75, 3.05) is 33.3 Å². The summed E-state index contributed by atoms with van der Waals surface area (Å²) >= 11 is 12.4. The van der Waals surface area contributed by atoms with Crippen LogP contribution < -0.4 is 4.74 Å². The van der Waals surface area contributed by atoms with E-state index in [1.165, 1.54) is 5.56 Å². The highest BCUT2D eigenvalue weighted by molar-refractivity contribution is 6.42. The minimum absolute atomic E-state index is 0.0220. The molecular weight excluding hydrogens is 503 g/mol. The van der Waals surface area contributed by atoms with E-state index < -0.39 is 0 Å². The standard InChI is InChI=1S/C31H40Cl2N2O2/c1-5-14-34-15-13-31(24-7-6-8-27(18-24)37-4)19-26(11-10-25(31)21-34)35(20-22(2)3)30(36)17-23-9-12-28(32)29(33)16-23/h5-9,12,16,18,22,25-26H,1,10-11,13-15,17,19-21H2,2-4H3/t25-,26+,31+/m1/s1. The molecule has 3 atom stereocenters. The SMILES string of the molecule is C=CCN1CC[C@@]2(c3cccc(OC)c3)C[C@@H](N(CC(C)C)C(=O)Cc3ccc(Cl)c(Cl)c3)CC[C@@H]2C1. The minimum atomic E-state index is 0.0220. The summed E-state index contributed by atoms with van der Waals surface area (Å²) in [7, 11) is 1.73. The highest BCUT2D eigenvalue weighted by atomic mass is 35.5. The molecule has 200 valence electrons. The lowest BCUT2D eigenvalue weighted by atomic mass is 9.57. The van der Waals surface area contributed by atoms with Gasteiger partial charge in [-0.15, -0.1) is 6.58 Å². The molecule has 1 aliphatic heterocycles. The predicted octanol–water partition coefficient (Wildman–Crippen LogP) is 7.03. The number of piperidine rings is 1. The molecule has 0 aromatic heterocycles. The lowest BCUT2D eigenvalue weighted by Gasteiger charge is -2.54. The van der Waals surface area contributed by atoms with Crippen LogP contribution in [0.2, 0.25) is 10.0 Å². The summed E-state index contributed by atoms with van der Waals surface area (Å²) in [6.07, 6.45) is 6.53. The molecule has 37 heavy (non-hydrogen) atoms. The maximum atomic E-state index is 13.8. The van der Waals surface area contributed by atoms with E-state index in [1.807, 2.05) is 24.3 Å². The number of likely N-dealkylation sites (tertiary alicyclic amines) is 1. The van der Waals surface area contributed by atoms with Crippen molar-refractivity contribution >= 4 is 29.1 Å². The van der Waals surface area contributed by atoms with E-state index >= 15 is 0 Å². The van der Waals surface area contributed by atoms with Crippen LogP contribution in [0.25, 0.3) is 0 Å². The fourth-order valence-electron chi connectivity index (χ4n) is 6.51. The summed E-state index contributed by atoms with van der Waals surface area (Å²) in [5, 5.41) is 1.00. The number of amides is 1. The molecule has 1 aliphatic carbocycles. The van der Waals surface area contributed by atoms with E-state index in [9.17, 15) is 4.79 Å². The molecule has 0 N–H and O–H groups in total. The van der Waals surface area contributed by atoms with Crippen molar-refractivity contribution in [2.24, 2.45) is 11.8 Å². The number of halogens is 2. The first-order valence-electron chi connectivity index (χ1n) is 13.5. The summed E-state index contributed by atoms with van der Waals surface area (Å²) in [5.41, 5.74) is 2.28. The van der Waals surface area contributed by atoms with Crippen LogP contribution in [-0.4, -0.2) is 55.0 Å². The molecule has 1 saturated carbocycles. The van der Waals surface area contributed by atoms with Crippen molar-refractivity contribution in [3.05, 3.63) is 76.3 Å². The number of carbonyl (C=O) groups is 1. The molecular formula is C31H40Cl2N2O2. The lowest BCUT2D eigenvalue weighted by Crippen LogP contribution is -2.57. The summed E-state index contributed by atoms with van der Waals surface area (Å²) in [5.74, 6) is 1.99. The van der Waals surface area contributed by atoms with Crippen molar-refractivity contribution in [3.8, 4) is 5.75 Å². The van der Waals surface area contributed by atoms with Crippen molar-refractivity contribution in [3.63, 3.8) is 0 Å². The van der Waals surface area contributed by atoms with E-state index in [0.29, 0.717) is 28.3 Å². The number of rotatable bonds is 9. The molecule has 6 heteroatoms. The van der Waals surface area contributed by atoms with Gasteiger partial charge in [-0.1, -0.05) is 61.3 Å². The van der Waals surface area contributed by atoms with Crippen LogP contribution in [0.3, 0.4) is 0 Å². The fraction of sp³-hybridized carbons (Fsp3) is 0.516. The molecule has 0 radical (unpaired) electrons. The summed E-state index contributed by atoms with van der Waals surface area (Å²) < 4.78 is 5.62. The Balaban J connectivity index is 1.64. The van der Waals surface area contributed by atoms with Crippen LogP contribution in [0.15, 0.2) is 55.1 Å². The zero-order valence-electron chi connectivity index (χ0n) is 22.4. The van der Waals surface area contributed by atoms with E-state index in [2.05, 4.69) is 48.4 Å². The molecule has 0 bridgehead atoms. The number of nitrogens with zero attached hydrogens (tertiary/aromatic N) is 2. The van der Waals surface area contributed by atoms with Crippen LogP contribution in [0.4, 0.5) is 0 Å². The monoisotopic (exact) mass is 542 g/mol. The second-order valence-electron chi connectivity index (χ2n) is 11.2. The molecule has 2 aromatic rings. The molecule has 1 saturated heterocycles. The number of carbonyl (C=O) groups excluding carboxylic acids is 1. The van der Waals surface area contributed by atoms with Crippen LogP contribution >= 0.6 is 23.2 Å². The molecule has 0 unspecified atom stereocenters. The largest absolute Gasteiger partial charge is 0.497 e. The highest BCUT2D eigenvalue weighted by Gasteiger charge is 2.49. The van der Waals surface area contributed by atoms with Crippen LogP contribution in [-0.2, 0) is 16.6 Å². The van der Waals surface area contributed by atoms with Crippen LogP contribution in [0.1, 0.15) is 50.7 Å². The molecule has 0 spiro atoms. The predicted molar refractivity (Wildman–Crippen MR) is 154 cm³/mol. The van der Waals surface area contributed by atoms with Crippen molar-refractivity contribution in [2.45, 2.75) is 57.4 Å². The Labute approximate surface area is 232 Å². The first kappa shape index (κ1) is 28.0. The Bertz CT molecular complexity index is 1100. The average molecular weight is 544 g/mol. The average Bonchev–Trinajstić information content (AvgIpc) is 2.89. The first-order chi connectivity index (χ1) is 17.8. The van der Waals surface area contributed by atoms with Crippen molar-refractivity contribution in [1.82, 2.24) is 9.80 Å². The Morgan fingerprint density at radius 3 is 2.73 bits per heavy atom. The van der Waals surface area contributed by atoms with Gasteiger partial charge in [0.05, 0.1) is 23.6 Å². The van der Waals surface area contributed by atoms with Gasteiger partial charge in [-0.2, -0.15) is 0 Å². The first-order valence-corrected chi connectivity index (χ1v) is 14.2. The van der Waals surface area contributed by atoms with Gasteiger partial charge < -0.3 is 9.64 Å². The van der Waals surface area contributed by atoms with Gasteiger partial charge in [0.1, 0.15) is 5.75 Å². The van der Waals surface area contributed by atoms with E-state index in [4.69, 9.17) is 27.9 Å². The van der Waals surface area contributed by atoms with Crippen LogP contribution in [0.5, 0.6) is 5.75 Å². The number of methoxy groups -OCH3 is 1. The van der Waals surface area contributed by atoms with Gasteiger partial charge in [0.15, 0.2) is 0 Å². The number of fused-ring (bicyclic) bond motifs is 1. The quantitative estimate of drug-likeness (QED) is 0.319. The molecule has 4 nitrogen and oxygen atoms in total. The minimum Gasteiger partial charge on any atom is -0.497 e. The Morgan fingerprint density at radius 2 is 2.03 bits per heavy atom. The third-order valence-electron chi connectivity index (χ3n) is 8.28. The molecule has 2 aliphatic rings. The second kappa shape index (κ2) is 12.2. The van der Waals surface area contributed by atoms with Crippen molar-refractivity contribution in [1.29, 1.82) is 0 Å². The normalized spacial score (nSPS) is 23.9. The summed E-state index contributed by atoms with van der Waals surface area (Å²) in [4.78, 5) is 18.5. The Hall–Kier alpha value is -2.01. The van der Waals surface area contributed by atoms with E-state index in [1.54, 1.807) is 13.2 Å². The fourth-order valence-corrected chi connectivity index (χ4v) is 6.83. The van der Waals surface area contributed by atoms with Gasteiger partial charge in [0.2, 0.25) is 5.91 Å². The van der Waals surface area contributed by atoms with Gasteiger partial charge >= 0.3 is 0 Å². The smallest absolute Gasteiger partial charge is 0.227 e. The zero-order valence-corrected chi connectivity index (χ0v) is 23.9. The van der Waals surface area contributed by atoms with Gasteiger partial charge in [-0.05, 0) is 79.5 Å². The second-order valence-corrected chi connectivity index (χ2v) is 12.0. The zero-order chi connectivity index (χ0) is 26.6. The maximum absolute atomic E-state index is 13.8. The number of hydrogen-bond acceptors (Lipinski definition) is 3. The maximum Gasteiger partial charge on any atom is 0.227 e. The number of ether oxygens (including phenoxy) is 1. The number of hydrogen-bond donors (Lipinski definition) is 0. The molecule has 2 aromatic carbocycles. The number of benzene rings is 2. The topological polar surface area (TPSA) is 32.8 Å². The van der Waals surface area contributed by atoms with Gasteiger partial charge in [-0.25, -0.2) is 0 Å². The molecule has 1 heterocycles. The van der Waals surface area contributed by atoms with E-state index in [-0.39, 0.29) is 17.4 Å². The van der Waals surface area contributed by atoms with Gasteiger partial charge in [0.25, 0.3) is 0 Å². The molecule has 2 fully saturated rings. The lowest BCUT2D eigenvalue weighted by molar-refractivity contribution is -0.135. The summed E-state index contributed by atoms with van der Waals surface area (Å²) in [6.45, 7) is 12.1. The van der Waals surface area contributed by atoms with Crippen molar-refractivity contribution < 1.29 is 9.53 Å². The summed E-state index contributed by atoms with van der Waals surface area (Å²) in [6, 6.07) is 14.3. The van der Waals surface area contributed by atoms with E-state index in [0.717, 1.165) is 63.2 Å².